The molecule has 0 aromatic carbocycles. The molecule has 2 heteroatoms. The average molecular weight is 228 g/mol. The monoisotopic (exact) mass is 228 g/mol. The summed E-state index contributed by atoms with van der Waals surface area (Å²) in [6, 6.07) is 0. The SMILES string of the molecule is CCCCC(C)CNCCCCCCCN. The standard InChI is InChI=1S/C14H32N2/c1-3-4-10-14(2)13-16-12-9-7-5-6-8-11-15/h14,16H,3-13,15H2,1-2H3. The molecule has 0 aliphatic rings. The third-order valence-corrected chi connectivity index (χ3v) is 3.10. The van der Waals surface area contributed by atoms with E-state index in [-0.39, 0.29) is 0 Å². The number of hydrogen-bond donors (Lipinski definition) is 2. The fraction of sp³-hybridized carbons (Fsp3) is 1.00. The van der Waals surface area contributed by atoms with Crippen LogP contribution in [0, 0.1) is 5.92 Å². The Morgan fingerprint density at radius 2 is 1.69 bits per heavy atom. The molecule has 0 radical (unpaired) electrons. The van der Waals surface area contributed by atoms with Crippen LogP contribution in [0.15, 0.2) is 0 Å². The second-order valence-corrected chi connectivity index (χ2v) is 5.01. The second-order valence-electron chi connectivity index (χ2n) is 5.01. The minimum atomic E-state index is 0.845. The van der Waals surface area contributed by atoms with Gasteiger partial charge in [0, 0.05) is 0 Å². The van der Waals surface area contributed by atoms with Crippen LogP contribution >= 0.6 is 0 Å². The van der Waals surface area contributed by atoms with Crippen molar-refractivity contribution in [2.24, 2.45) is 11.7 Å². The fourth-order valence-electron chi connectivity index (χ4n) is 1.93. The van der Waals surface area contributed by atoms with Gasteiger partial charge in [0.2, 0.25) is 0 Å². The van der Waals surface area contributed by atoms with Gasteiger partial charge in [-0.3, -0.25) is 0 Å². The molecule has 0 saturated carbocycles. The van der Waals surface area contributed by atoms with Crippen molar-refractivity contribution in [2.45, 2.75) is 65.2 Å². The molecule has 0 heterocycles. The van der Waals surface area contributed by atoms with Gasteiger partial charge in [-0.1, -0.05) is 46.0 Å². The summed E-state index contributed by atoms with van der Waals surface area (Å²) < 4.78 is 0. The van der Waals surface area contributed by atoms with Crippen molar-refractivity contribution in [3.8, 4) is 0 Å². The van der Waals surface area contributed by atoms with E-state index < -0.39 is 0 Å². The van der Waals surface area contributed by atoms with E-state index in [1.165, 1.54) is 64.5 Å². The van der Waals surface area contributed by atoms with E-state index in [0.717, 1.165) is 12.5 Å². The van der Waals surface area contributed by atoms with E-state index in [0.29, 0.717) is 0 Å². The summed E-state index contributed by atoms with van der Waals surface area (Å²) in [5.74, 6) is 0.845. The van der Waals surface area contributed by atoms with Gasteiger partial charge in [-0.15, -0.1) is 0 Å². The maximum absolute atomic E-state index is 5.45. The van der Waals surface area contributed by atoms with Crippen molar-refractivity contribution in [1.29, 1.82) is 0 Å². The zero-order chi connectivity index (χ0) is 12.1. The van der Waals surface area contributed by atoms with Crippen LogP contribution in [0.3, 0.4) is 0 Å². The highest BCUT2D eigenvalue weighted by Gasteiger charge is 1.99. The Balaban J connectivity index is 3.02. The molecule has 0 aliphatic heterocycles. The molecule has 3 N–H and O–H groups in total. The van der Waals surface area contributed by atoms with Crippen LogP contribution in [0.2, 0.25) is 0 Å². The Morgan fingerprint density at radius 1 is 1.00 bits per heavy atom. The Labute approximate surface area is 102 Å². The van der Waals surface area contributed by atoms with E-state index in [4.69, 9.17) is 5.73 Å². The maximum Gasteiger partial charge on any atom is -0.00232 e. The van der Waals surface area contributed by atoms with E-state index >= 15 is 0 Å². The molecule has 0 spiro atoms. The summed E-state index contributed by atoms with van der Waals surface area (Å²) in [6.07, 6.45) is 10.6. The predicted octanol–water partition coefficient (Wildman–Crippen LogP) is 3.31. The Kier molecular flexibility index (Phi) is 12.9. The number of rotatable bonds is 12. The largest absolute Gasteiger partial charge is 0.330 e. The van der Waals surface area contributed by atoms with Crippen molar-refractivity contribution >= 4 is 0 Å². The van der Waals surface area contributed by atoms with Gasteiger partial charge in [0.15, 0.2) is 0 Å². The van der Waals surface area contributed by atoms with Crippen molar-refractivity contribution in [1.82, 2.24) is 5.32 Å². The lowest BCUT2D eigenvalue weighted by atomic mass is 10.0. The molecule has 98 valence electrons. The lowest BCUT2D eigenvalue weighted by molar-refractivity contribution is 0.457. The summed E-state index contributed by atoms with van der Waals surface area (Å²) in [5.41, 5.74) is 5.45. The van der Waals surface area contributed by atoms with Gasteiger partial charge in [0.25, 0.3) is 0 Å². The van der Waals surface area contributed by atoms with Crippen LogP contribution in [0.5, 0.6) is 0 Å². The first kappa shape index (κ1) is 15.9. The quantitative estimate of drug-likeness (QED) is 0.503. The molecule has 0 aromatic rings. The summed E-state index contributed by atoms with van der Waals surface area (Å²) in [7, 11) is 0. The smallest absolute Gasteiger partial charge is 0.00232 e. The van der Waals surface area contributed by atoms with Crippen LogP contribution < -0.4 is 11.1 Å². The highest BCUT2D eigenvalue weighted by molar-refractivity contribution is 4.57. The molecule has 0 bridgehead atoms. The van der Waals surface area contributed by atoms with E-state index in [1.54, 1.807) is 0 Å². The summed E-state index contributed by atoms with van der Waals surface area (Å²) >= 11 is 0. The maximum atomic E-state index is 5.45. The van der Waals surface area contributed by atoms with Crippen LogP contribution in [0.4, 0.5) is 0 Å². The molecule has 0 aliphatic carbocycles. The third kappa shape index (κ3) is 12.0. The summed E-state index contributed by atoms with van der Waals surface area (Å²) in [4.78, 5) is 0. The minimum absolute atomic E-state index is 0.845. The number of nitrogens with two attached hydrogens (primary N) is 1. The topological polar surface area (TPSA) is 38.0 Å². The third-order valence-electron chi connectivity index (χ3n) is 3.10. The van der Waals surface area contributed by atoms with Crippen LogP contribution in [-0.4, -0.2) is 19.6 Å². The van der Waals surface area contributed by atoms with Crippen LogP contribution in [0.1, 0.15) is 65.2 Å². The van der Waals surface area contributed by atoms with Crippen LogP contribution in [0.25, 0.3) is 0 Å². The van der Waals surface area contributed by atoms with Crippen molar-refractivity contribution < 1.29 is 0 Å². The number of nitrogens with one attached hydrogen (secondary N) is 1. The van der Waals surface area contributed by atoms with Crippen molar-refractivity contribution in [2.75, 3.05) is 19.6 Å². The van der Waals surface area contributed by atoms with Crippen molar-refractivity contribution in [3.05, 3.63) is 0 Å². The normalized spacial score (nSPS) is 12.9. The molecule has 0 rings (SSSR count). The highest BCUT2D eigenvalue weighted by atomic mass is 14.8. The lowest BCUT2D eigenvalue weighted by Crippen LogP contribution is -2.22. The molecular weight excluding hydrogens is 196 g/mol. The Hall–Kier alpha value is -0.0800. The molecule has 0 amide bonds. The van der Waals surface area contributed by atoms with Gasteiger partial charge >= 0.3 is 0 Å². The minimum Gasteiger partial charge on any atom is -0.330 e. The molecule has 0 fully saturated rings. The molecule has 16 heavy (non-hydrogen) atoms. The van der Waals surface area contributed by atoms with Crippen molar-refractivity contribution in [3.63, 3.8) is 0 Å². The number of unbranched alkanes of at least 4 members (excludes halogenated alkanes) is 5. The van der Waals surface area contributed by atoms with Gasteiger partial charge < -0.3 is 11.1 Å². The van der Waals surface area contributed by atoms with E-state index in [2.05, 4.69) is 19.2 Å². The van der Waals surface area contributed by atoms with Crippen LogP contribution in [-0.2, 0) is 0 Å². The summed E-state index contributed by atoms with van der Waals surface area (Å²) in [5, 5.41) is 3.56. The Morgan fingerprint density at radius 3 is 2.38 bits per heavy atom. The zero-order valence-electron chi connectivity index (χ0n) is 11.4. The summed E-state index contributed by atoms with van der Waals surface area (Å²) in [6.45, 7) is 7.86. The molecule has 0 saturated heterocycles. The van der Waals surface area contributed by atoms with E-state index in [1.807, 2.05) is 0 Å². The average Bonchev–Trinajstić information content (AvgIpc) is 2.30. The van der Waals surface area contributed by atoms with Gasteiger partial charge in [-0.2, -0.15) is 0 Å². The van der Waals surface area contributed by atoms with Gasteiger partial charge in [-0.05, 0) is 44.8 Å². The first-order chi connectivity index (χ1) is 7.81. The van der Waals surface area contributed by atoms with E-state index in [9.17, 15) is 0 Å². The molecule has 1 unspecified atom stereocenters. The molecule has 1 atom stereocenters. The zero-order valence-corrected chi connectivity index (χ0v) is 11.4. The Bertz CT molecular complexity index is 126. The predicted molar refractivity (Wildman–Crippen MR) is 73.7 cm³/mol. The molecular formula is C14H32N2. The molecule has 0 aromatic heterocycles. The lowest BCUT2D eigenvalue weighted by Gasteiger charge is -2.11. The first-order valence-electron chi connectivity index (χ1n) is 7.22. The first-order valence-corrected chi connectivity index (χ1v) is 7.22. The number of hydrogen-bond acceptors (Lipinski definition) is 2. The van der Waals surface area contributed by atoms with Gasteiger partial charge in [-0.25, -0.2) is 0 Å². The van der Waals surface area contributed by atoms with Gasteiger partial charge in [0.1, 0.15) is 0 Å². The molecule has 2 nitrogen and oxygen atoms in total. The fourth-order valence-corrected chi connectivity index (χ4v) is 1.93. The highest BCUT2D eigenvalue weighted by Crippen LogP contribution is 2.06. The second kappa shape index (κ2) is 13.0. The van der Waals surface area contributed by atoms with Gasteiger partial charge in [0.05, 0.1) is 0 Å².